The monoisotopic (exact) mass is 199 g/mol. The number of nitrogens with zero attached hydrogens (tertiary/aromatic N) is 1. The maximum atomic E-state index is 11.3. The molecule has 1 unspecified atom stereocenters. The molecular weight excluding hydrogens is 182 g/mol. The lowest BCUT2D eigenvalue weighted by Gasteiger charge is -2.27. The van der Waals surface area contributed by atoms with Gasteiger partial charge in [0.1, 0.15) is 6.04 Å². The molecule has 0 heterocycles. The molecular formula is C10H17NO3. The predicted molar refractivity (Wildman–Crippen MR) is 51.9 cm³/mol. The third-order valence-electron chi connectivity index (χ3n) is 2.49. The van der Waals surface area contributed by atoms with Gasteiger partial charge in [-0.25, -0.2) is 4.79 Å². The average Bonchev–Trinajstić information content (AvgIpc) is 2.86. The molecule has 0 aromatic rings. The summed E-state index contributed by atoms with van der Waals surface area (Å²) < 4.78 is 0. The first kappa shape index (κ1) is 11.0. The second-order valence-electron chi connectivity index (χ2n) is 3.80. The number of carbonyl (C=O) groups is 2. The summed E-state index contributed by atoms with van der Waals surface area (Å²) in [5.74, 6) is -0.998. The summed E-state index contributed by atoms with van der Waals surface area (Å²) in [7, 11) is 0. The van der Waals surface area contributed by atoms with Gasteiger partial charge in [0.15, 0.2) is 0 Å². The van der Waals surface area contributed by atoms with Crippen molar-refractivity contribution >= 4 is 11.9 Å². The Morgan fingerprint density at radius 2 is 2.07 bits per heavy atom. The molecule has 1 fully saturated rings. The molecule has 0 bridgehead atoms. The van der Waals surface area contributed by atoms with Crippen molar-refractivity contribution in [1.29, 1.82) is 0 Å². The maximum Gasteiger partial charge on any atom is 0.326 e. The zero-order valence-electron chi connectivity index (χ0n) is 8.69. The zero-order chi connectivity index (χ0) is 10.7. The largest absolute Gasteiger partial charge is 0.480 e. The lowest BCUT2D eigenvalue weighted by molar-refractivity contribution is -0.150. The van der Waals surface area contributed by atoms with Gasteiger partial charge in [-0.3, -0.25) is 4.79 Å². The SMILES string of the molecule is CCCC(C(=O)O)N(C(C)=O)C1CC1. The van der Waals surface area contributed by atoms with E-state index >= 15 is 0 Å². The third kappa shape index (κ3) is 2.47. The highest BCUT2D eigenvalue weighted by molar-refractivity contribution is 5.82. The summed E-state index contributed by atoms with van der Waals surface area (Å²) in [6.07, 6.45) is 3.24. The fourth-order valence-corrected chi connectivity index (χ4v) is 1.74. The van der Waals surface area contributed by atoms with Gasteiger partial charge in [0, 0.05) is 13.0 Å². The Morgan fingerprint density at radius 3 is 2.36 bits per heavy atom. The molecule has 0 aromatic heterocycles. The van der Waals surface area contributed by atoms with Crippen molar-refractivity contribution in [3.05, 3.63) is 0 Å². The number of aliphatic carboxylic acids is 1. The Labute approximate surface area is 83.9 Å². The van der Waals surface area contributed by atoms with Crippen molar-refractivity contribution in [3.63, 3.8) is 0 Å². The van der Waals surface area contributed by atoms with Crippen LogP contribution < -0.4 is 0 Å². The summed E-state index contributed by atoms with van der Waals surface area (Å²) in [6, 6.07) is -0.440. The molecule has 0 saturated heterocycles. The number of carboxylic acid groups (broad SMARTS) is 1. The van der Waals surface area contributed by atoms with E-state index in [2.05, 4.69) is 0 Å². The normalized spacial score (nSPS) is 17.6. The summed E-state index contributed by atoms with van der Waals surface area (Å²) in [4.78, 5) is 23.8. The smallest absolute Gasteiger partial charge is 0.326 e. The van der Waals surface area contributed by atoms with Gasteiger partial charge >= 0.3 is 5.97 Å². The van der Waals surface area contributed by atoms with Crippen molar-refractivity contribution in [2.75, 3.05) is 0 Å². The van der Waals surface area contributed by atoms with E-state index in [1.807, 2.05) is 6.92 Å². The minimum atomic E-state index is -0.881. The molecule has 80 valence electrons. The Hall–Kier alpha value is -1.06. The average molecular weight is 199 g/mol. The van der Waals surface area contributed by atoms with Crippen LogP contribution in [0.4, 0.5) is 0 Å². The lowest BCUT2D eigenvalue weighted by atomic mass is 10.1. The quantitative estimate of drug-likeness (QED) is 0.725. The van der Waals surface area contributed by atoms with Crippen LogP contribution in [0.1, 0.15) is 39.5 Å². The first-order valence-electron chi connectivity index (χ1n) is 5.09. The van der Waals surface area contributed by atoms with Crippen LogP contribution in [0, 0.1) is 0 Å². The second kappa shape index (κ2) is 4.44. The molecule has 4 heteroatoms. The van der Waals surface area contributed by atoms with Crippen molar-refractivity contribution < 1.29 is 14.7 Å². The van der Waals surface area contributed by atoms with Crippen LogP contribution in [0.3, 0.4) is 0 Å². The Morgan fingerprint density at radius 1 is 1.50 bits per heavy atom. The Kier molecular flexibility index (Phi) is 3.49. The van der Waals surface area contributed by atoms with E-state index in [1.54, 1.807) is 0 Å². The minimum Gasteiger partial charge on any atom is -0.480 e. The van der Waals surface area contributed by atoms with Crippen LogP contribution in [0.5, 0.6) is 0 Å². The molecule has 0 spiro atoms. The number of carbonyl (C=O) groups excluding carboxylic acids is 1. The van der Waals surface area contributed by atoms with Gasteiger partial charge in [0.25, 0.3) is 0 Å². The predicted octanol–water partition coefficient (Wildman–Crippen LogP) is 1.25. The van der Waals surface area contributed by atoms with Crippen molar-refractivity contribution in [2.24, 2.45) is 0 Å². The van der Waals surface area contributed by atoms with E-state index < -0.39 is 12.0 Å². The fraction of sp³-hybridized carbons (Fsp3) is 0.800. The van der Waals surface area contributed by atoms with Gasteiger partial charge in [-0.2, -0.15) is 0 Å². The van der Waals surface area contributed by atoms with E-state index in [0.717, 1.165) is 19.3 Å². The van der Waals surface area contributed by atoms with Crippen molar-refractivity contribution in [1.82, 2.24) is 4.90 Å². The van der Waals surface area contributed by atoms with Crippen LogP contribution in [-0.4, -0.2) is 34.0 Å². The van der Waals surface area contributed by atoms with E-state index in [1.165, 1.54) is 11.8 Å². The molecule has 1 aliphatic carbocycles. The summed E-state index contributed by atoms with van der Waals surface area (Å²) >= 11 is 0. The molecule has 1 saturated carbocycles. The van der Waals surface area contributed by atoms with Gasteiger partial charge in [-0.15, -0.1) is 0 Å². The summed E-state index contributed by atoms with van der Waals surface area (Å²) in [6.45, 7) is 3.38. The van der Waals surface area contributed by atoms with Crippen LogP contribution in [0.25, 0.3) is 0 Å². The highest BCUT2D eigenvalue weighted by Gasteiger charge is 2.38. The summed E-state index contributed by atoms with van der Waals surface area (Å²) in [5.41, 5.74) is 0. The van der Waals surface area contributed by atoms with Crippen LogP contribution in [-0.2, 0) is 9.59 Å². The Balaban J connectivity index is 2.70. The van der Waals surface area contributed by atoms with Crippen LogP contribution in [0.2, 0.25) is 0 Å². The van der Waals surface area contributed by atoms with E-state index in [-0.39, 0.29) is 11.9 Å². The van der Waals surface area contributed by atoms with Crippen molar-refractivity contribution in [2.45, 2.75) is 51.6 Å². The topological polar surface area (TPSA) is 57.6 Å². The molecule has 0 aliphatic heterocycles. The standard InChI is InChI=1S/C10H17NO3/c1-3-4-9(10(13)14)11(7(2)12)8-5-6-8/h8-9H,3-6H2,1-2H3,(H,13,14). The third-order valence-corrected chi connectivity index (χ3v) is 2.49. The molecule has 1 atom stereocenters. The van der Waals surface area contributed by atoms with Crippen LogP contribution >= 0.6 is 0 Å². The van der Waals surface area contributed by atoms with Gasteiger partial charge in [0.2, 0.25) is 5.91 Å². The molecule has 1 N–H and O–H groups in total. The fourth-order valence-electron chi connectivity index (χ4n) is 1.74. The molecule has 14 heavy (non-hydrogen) atoms. The number of hydrogen-bond donors (Lipinski definition) is 1. The molecule has 1 amide bonds. The zero-order valence-corrected chi connectivity index (χ0v) is 8.69. The second-order valence-corrected chi connectivity index (χ2v) is 3.80. The molecule has 1 aliphatic rings. The van der Waals surface area contributed by atoms with Crippen LogP contribution in [0.15, 0.2) is 0 Å². The lowest BCUT2D eigenvalue weighted by Crippen LogP contribution is -2.45. The van der Waals surface area contributed by atoms with Gasteiger partial charge in [-0.05, 0) is 19.3 Å². The Bertz CT molecular complexity index is 236. The number of amides is 1. The highest BCUT2D eigenvalue weighted by Crippen LogP contribution is 2.30. The maximum absolute atomic E-state index is 11.3. The molecule has 0 aromatic carbocycles. The van der Waals surface area contributed by atoms with Crippen molar-refractivity contribution in [3.8, 4) is 0 Å². The molecule has 4 nitrogen and oxygen atoms in total. The molecule has 0 radical (unpaired) electrons. The van der Waals surface area contributed by atoms with E-state index in [9.17, 15) is 9.59 Å². The highest BCUT2D eigenvalue weighted by atomic mass is 16.4. The number of rotatable bonds is 5. The first-order valence-corrected chi connectivity index (χ1v) is 5.09. The van der Waals surface area contributed by atoms with Gasteiger partial charge in [-0.1, -0.05) is 13.3 Å². The minimum absolute atomic E-state index is 0.117. The number of carboxylic acids is 1. The van der Waals surface area contributed by atoms with Gasteiger partial charge < -0.3 is 10.0 Å². The molecule has 1 rings (SSSR count). The van der Waals surface area contributed by atoms with E-state index in [0.29, 0.717) is 6.42 Å². The summed E-state index contributed by atoms with van der Waals surface area (Å²) in [5, 5.41) is 9.01. The first-order chi connectivity index (χ1) is 6.57. The van der Waals surface area contributed by atoms with E-state index in [4.69, 9.17) is 5.11 Å². The van der Waals surface area contributed by atoms with Gasteiger partial charge in [0.05, 0.1) is 0 Å². The number of hydrogen-bond acceptors (Lipinski definition) is 2.